The summed E-state index contributed by atoms with van der Waals surface area (Å²) in [6, 6.07) is 34.7. The average molecular weight is 436 g/mol. The van der Waals surface area contributed by atoms with Gasteiger partial charge < -0.3 is 10.0 Å². The Balaban J connectivity index is 1.56. The number of hydrogen-bond acceptors (Lipinski definition) is 2. The second kappa shape index (κ2) is 10.4. The zero-order valence-corrected chi connectivity index (χ0v) is 18.2. The quantitative estimate of drug-likeness (QED) is 0.379. The molecule has 0 saturated heterocycles. The number of aromatic carboxylic acids is 1. The van der Waals surface area contributed by atoms with Crippen molar-refractivity contribution in [2.45, 2.75) is 19.5 Å². The normalized spacial score (nSPS) is 10.5. The fourth-order valence-electron chi connectivity index (χ4n) is 3.79. The van der Waals surface area contributed by atoms with E-state index in [0.717, 1.165) is 27.8 Å². The van der Waals surface area contributed by atoms with Gasteiger partial charge >= 0.3 is 5.97 Å². The van der Waals surface area contributed by atoms with Crippen LogP contribution in [0.25, 0.3) is 11.1 Å². The van der Waals surface area contributed by atoms with Crippen molar-refractivity contribution in [1.29, 1.82) is 0 Å². The van der Waals surface area contributed by atoms with Crippen molar-refractivity contribution in [3.63, 3.8) is 0 Å². The van der Waals surface area contributed by atoms with Gasteiger partial charge in [0, 0.05) is 13.1 Å². The number of hydrogen-bond donors (Lipinski definition) is 1. The number of carbonyl (C=O) groups excluding carboxylic acids is 1. The van der Waals surface area contributed by atoms with Crippen LogP contribution in [0.3, 0.4) is 0 Å². The molecule has 0 saturated carbocycles. The molecule has 4 aromatic rings. The summed E-state index contributed by atoms with van der Waals surface area (Å²) in [5.74, 6) is -0.870. The first-order valence-electron chi connectivity index (χ1n) is 10.9. The summed E-state index contributed by atoms with van der Waals surface area (Å²) in [5.41, 5.74) is 5.28. The summed E-state index contributed by atoms with van der Waals surface area (Å²) >= 11 is 0. The zero-order valence-electron chi connectivity index (χ0n) is 18.2. The maximum absolute atomic E-state index is 13.2. The van der Waals surface area contributed by atoms with Crippen LogP contribution < -0.4 is 0 Å². The molecule has 0 aliphatic rings. The third-order valence-electron chi connectivity index (χ3n) is 5.53. The lowest BCUT2D eigenvalue weighted by molar-refractivity contribution is -0.131. The van der Waals surface area contributed by atoms with Crippen molar-refractivity contribution in [2.24, 2.45) is 0 Å². The van der Waals surface area contributed by atoms with Gasteiger partial charge in [-0.15, -0.1) is 0 Å². The standard InChI is InChI=1S/C29H25NO3/c31-28(19-22-8-3-1-4-9-22)30(20-23-10-5-2-6-11-23)21-24-12-7-13-27(18-24)25-14-16-26(17-15-25)29(32)33/h1-18H,19-21H2,(H,32,33). The van der Waals surface area contributed by atoms with Crippen molar-refractivity contribution in [3.05, 3.63) is 131 Å². The molecule has 4 rings (SSSR count). The molecule has 0 heterocycles. The first-order valence-corrected chi connectivity index (χ1v) is 10.9. The molecule has 164 valence electrons. The highest BCUT2D eigenvalue weighted by molar-refractivity contribution is 5.88. The molecule has 33 heavy (non-hydrogen) atoms. The summed E-state index contributed by atoms with van der Waals surface area (Å²) < 4.78 is 0. The highest BCUT2D eigenvalue weighted by Gasteiger charge is 2.16. The second-order valence-corrected chi connectivity index (χ2v) is 7.98. The van der Waals surface area contributed by atoms with Gasteiger partial charge in [-0.25, -0.2) is 4.79 Å². The Morgan fingerprint density at radius 1 is 0.606 bits per heavy atom. The maximum Gasteiger partial charge on any atom is 0.335 e. The monoisotopic (exact) mass is 435 g/mol. The molecule has 0 fully saturated rings. The average Bonchev–Trinajstić information content (AvgIpc) is 2.85. The predicted octanol–water partition coefficient (Wildman–Crippen LogP) is 5.82. The van der Waals surface area contributed by atoms with Crippen LogP contribution in [0.2, 0.25) is 0 Å². The predicted molar refractivity (Wildman–Crippen MR) is 130 cm³/mol. The van der Waals surface area contributed by atoms with Crippen LogP contribution in [-0.2, 0) is 24.3 Å². The fourth-order valence-corrected chi connectivity index (χ4v) is 3.79. The van der Waals surface area contributed by atoms with Gasteiger partial charge in [0.2, 0.25) is 5.91 Å². The number of benzene rings is 4. The van der Waals surface area contributed by atoms with Crippen LogP contribution in [0.15, 0.2) is 109 Å². The summed E-state index contributed by atoms with van der Waals surface area (Å²) in [6.07, 6.45) is 0.351. The SMILES string of the molecule is O=C(O)c1ccc(-c2cccc(CN(Cc3ccccc3)C(=O)Cc3ccccc3)c2)cc1. The van der Waals surface area contributed by atoms with Crippen molar-refractivity contribution >= 4 is 11.9 Å². The first kappa shape index (κ1) is 22.0. The largest absolute Gasteiger partial charge is 0.478 e. The lowest BCUT2D eigenvalue weighted by Crippen LogP contribution is -2.31. The van der Waals surface area contributed by atoms with Crippen LogP contribution in [0.4, 0.5) is 0 Å². The summed E-state index contributed by atoms with van der Waals surface area (Å²) in [7, 11) is 0. The number of carboxylic acids is 1. The lowest BCUT2D eigenvalue weighted by Gasteiger charge is -2.24. The fraction of sp³-hybridized carbons (Fsp3) is 0.103. The van der Waals surface area contributed by atoms with Gasteiger partial charge in [-0.3, -0.25) is 4.79 Å². The molecule has 1 N–H and O–H groups in total. The summed E-state index contributed by atoms with van der Waals surface area (Å²) in [4.78, 5) is 26.3. The van der Waals surface area contributed by atoms with E-state index in [9.17, 15) is 9.59 Å². The van der Waals surface area contributed by atoms with Crippen LogP contribution in [0.5, 0.6) is 0 Å². The molecule has 4 nitrogen and oxygen atoms in total. The van der Waals surface area contributed by atoms with Crippen molar-refractivity contribution in [2.75, 3.05) is 0 Å². The van der Waals surface area contributed by atoms with Crippen LogP contribution in [-0.4, -0.2) is 21.9 Å². The smallest absolute Gasteiger partial charge is 0.335 e. The third kappa shape index (κ3) is 5.95. The third-order valence-corrected chi connectivity index (χ3v) is 5.53. The van der Waals surface area contributed by atoms with Gasteiger partial charge in [-0.1, -0.05) is 91.0 Å². The number of carbonyl (C=O) groups is 2. The van der Waals surface area contributed by atoms with E-state index in [0.29, 0.717) is 19.5 Å². The highest BCUT2D eigenvalue weighted by atomic mass is 16.4. The molecule has 4 heteroatoms. The Morgan fingerprint density at radius 3 is 1.82 bits per heavy atom. The van der Waals surface area contributed by atoms with E-state index in [4.69, 9.17) is 5.11 Å². The van der Waals surface area contributed by atoms with E-state index in [-0.39, 0.29) is 11.5 Å². The van der Waals surface area contributed by atoms with Gasteiger partial charge in [-0.2, -0.15) is 0 Å². The van der Waals surface area contributed by atoms with Gasteiger partial charge in [0.1, 0.15) is 0 Å². The van der Waals surface area contributed by atoms with Crippen LogP contribution >= 0.6 is 0 Å². The van der Waals surface area contributed by atoms with Gasteiger partial charge in [0.15, 0.2) is 0 Å². The van der Waals surface area contributed by atoms with E-state index in [1.807, 2.05) is 95.9 Å². The minimum Gasteiger partial charge on any atom is -0.478 e. The van der Waals surface area contributed by atoms with E-state index in [1.54, 1.807) is 12.1 Å². The molecular weight excluding hydrogens is 410 g/mol. The molecule has 0 aromatic heterocycles. The molecule has 4 aromatic carbocycles. The molecule has 0 bridgehead atoms. The highest BCUT2D eigenvalue weighted by Crippen LogP contribution is 2.22. The summed E-state index contributed by atoms with van der Waals surface area (Å²) in [5, 5.41) is 9.13. The molecular formula is C29H25NO3. The second-order valence-electron chi connectivity index (χ2n) is 7.98. The Labute approximate surface area is 193 Å². The first-order chi connectivity index (χ1) is 16.1. The molecule has 0 unspecified atom stereocenters. The van der Waals surface area contributed by atoms with Crippen molar-refractivity contribution in [3.8, 4) is 11.1 Å². The van der Waals surface area contributed by atoms with E-state index in [1.165, 1.54) is 0 Å². The van der Waals surface area contributed by atoms with E-state index < -0.39 is 5.97 Å². The van der Waals surface area contributed by atoms with Crippen molar-refractivity contribution in [1.82, 2.24) is 4.90 Å². The maximum atomic E-state index is 13.2. The molecule has 1 amide bonds. The lowest BCUT2D eigenvalue weighted by atomic mass is 10.0. The number of rotatable bonds is 8. The molecule has 0 atom stereocenters. The van der Waals surface area contributed by atoms with Crippen LogP contribution in [0.1, 0.15) is 27.0 Å². The summed E-state index contributed by atoms with van der Waals surface area (Å²) in [6.45, 7) is 1.02. The van der Waals surface area contributed by atoms with E-state index in [2.05, 4.69) is 6.07 Å². The number of nitrogens with zero attached hydrogens (tertiary/aromatic N) is 1. The van der Waals surface area contributed by atoms with Gasteiger partial charge in [0.25, 0.3) is 0 Å². The van der Waals surface area contributed by atoms with Gasteiger partial charge in [-0.05, 0) is 46.0 Å². The van der Waals surface area contributed by atoms with Crippen molar-refractivity contribution < 1.29 is 14.7 Å². The number of carboxylic acid groups (broad SMARTS) is 1. The Hall–Kier alpha value is -4.18. The zero-order chi connectivity index (χ0) is 23.0. The topological polar surface area (TPSA) is 57.6 Å². The molecule has 0 aliphatic heterocycles. The van der Waals surface area contributed by atoms with Crippen LogP contribution in [0, 0.1) is 0 Å². The Bertz CT molecular complexity index is 1220. The number of amides is 1. The minimum absolute atomic E-state index is 0.0706. The molecule has 0 spiro atoms. The minimum atomic E-state index is -0.941. The Kier molecular flexibility index (Phi) is 6.96. The molecule has 0 aliphatic carbocycles. The molecule has 0 radical (unpaired) electrons. The Morgan fingerprint density at radius 2 is 1.18 bits per heavy atom. The van der Waals surface area contributed by atoms with Gasteiger partial charge in [0.05, 0.1) is 12.0 Å². The van der Waals surface area contributed by atoms with E-state index >= 15 is 0 Å².